The summed E-state index contributed by atoms with van der Waals surface area (Å²) in [6, 6.07) is 14.8. The summed E-state index contributed by atoms with van der Waals surface area (Å²) in [5.41, 5.74) is 1.16. The van der Waals surface area contributed by atoms with Gasteiger partial charge in [-0.05, 0) is 31.0 Å². The quantitative estimate of drug-likeness (QED) is 0.861. The Morgan fingerprint density at radius 3 is 2.39 bits per heavy atom. The van der Waals surface area contributed by atoms with Crippen molar-refractivity contribution in [2.45, 2.75) is 25.8 Å². The maximum absolute atomic E-state index is 13.5. The lowest BCUT2D eigenvalue weighted by atomic mass is 10.1. The van der Waals surface area contributed by atoms with Gasteiger partial charge in [0.1, 0.15) is 11.9 Å². The Morgan fingerprint density at radius 2 is 1.70 bits per heavy atom. The molecule has 2 aromatic rings. The second-order valence-corrected chi connectivity index (χ2v) is 5.24. The van der Waals surface area contributed by atoms with Crippen molar-refractivity contribution >= 4 is 17.5 Å². The molecule has 0 aliphatic rings. The number of hydrogen-bond donors (Lipinski definition) is 2. The number of carbonyl (C=O) groups is 2. The van der Waals surface area contributed by atoms with Crippen LogP contribution < -0.4 is 10.6 Å². The molecule has 1 atom stereocenters. The zero-order valence-corrected chi connectivity index (χ0v) is 12.9. The molecule has 2 amide bonds. The van der Waals surface area contributed by atoms with Crippen LogP contribution in [0.2, 0.25) is 0 Å². The number of rotatable bonds is 6. The number of hydrogen-bond acceptors (Lipinski definition) is 2. The molecule has 0 aliphatic heterocycles. The van der Waals surface area contributed by atoms with Crippen LogP contribution in [-0.2, 0) is 16.0 Å². The van der Waals surface area contributed by atoms with Gasteiger partial charge >= 0.3 is 0 Å². The summed E-state index contributed by atoms with van der Waals surface area (Å²) in [6.45, 7) is 1.57. The van der Waals surface area contributed by atoms with Gasteiger partial charge in [-0.3, -0.25) is 9.59 Å². The van der Waals surface area contributed by atoms with E-state index in [9.17, 15) is 14.0 Å². The highest BCUT2D eigenvalue weighted by atomic mass is 19.1. The van der Waals surface area contributed by atoms with E-state index in [1.54, 1.807) is 19.1 Å². The number of carbonyl (C=O) groups excluding carboxylic acids is 2. The third-order valence-corrected chi connectivity index (χ3v) is 3.39. The molecule has 0 aliphatic carbocycles. The van der Waals surface area contributed by atoms with Crippen molar-refractivity contribution in [1.82, 2.24) is 5.32 Å². The number of nitrogens with one attached hydrogen (secondary N) is 2. The van der Waals surface area contributed by atoms with Crippen molar-refractivity contribution in [3.8, 4) is 0 Å². The number of aryl methyl sites for hydroxylation is 1. The first-order valence-electron chi connectivity index (χ1n) is 7.45. The van der Waals surface area contributed by atoms with E-state index < -0.39 is 17.8 Å². The fourth-order valence-electron chi connectivity index (χ4n) is 2.09. The van der Waals surface area contributed by atoms with Gasteiger partial charge in [-0.1, -0.05) is 42.5 Å². The van der Waals surface area contributed by atoms with Gasteiger partial charge in [-0.25, -0.2) is 4.39 Å². The van der Waals surface area contributed by atoms with E-state index in [1.165, 1.54) is 12.1 Å². The lowest BCUT2D eigenvalue weighted by molar-refractivity contribution is -0.126. The molecule has 0 saturated heterocycles. The van der Waals surface area contributed by atoms with E-state index in [0.29, 0.717) is 12.8 Å². The van der Waals surface area contributed by atoms with Crippen molar-refractivity contribution in [3.63, 3.8) is 0 Å². The molecule has 0 aromatic heterocycles. The molecule has 0 saturated carbocycles. The highest BCUT2D eigenvalue weighted by Crippen LogP contribution is 2.12. The number of para-hydroxylation sites is 1. The Hall–Kier alpha value is -2.69. The molecule has 2 rings (SSSR count). The van der Waals surface area contributed by atoms with Crippen molar-refractivity contribution < 1.29 is 14.0 Å². The Balaban J connectivity index is 1.81. The van der Waals surface area contributed by atoms with Crippen LogP contribution in [0, 0.1) is 5.82 Å². The molecule has 2 aromatic carbocycles. The largest absolute Gasteiger partial charge is 0.345 e. The fraction of sp³-hybridized carbons (Fsp3) is 0.222. The molecule has 0 bridgehead atoms. The molecule has 120 valence electrons. The number of benzene rings is 2. The summed E-state index contributed by atoms with van der Waals surface area (Å²) in [6.07, 6.45) is 0.898. The zero-order chi connectivity index (χ0) is 16.7. The van der Waals surface area contributed by atoms with E-state index >= 15 is 0 Å². The van der Waals surface area contributed by atoms with Gasteiger partial charge in [-0.2, -0.15) is 0 Å². The first-order valence-corrected chi connectivity index (χ1v) is 7.45. The van der Waals surface area contributed by atoms with Crippen LogP contribution in [0.1, 0.15) is 18.9 Å². The predicted octanol–water partition coefficient (Wildman–Crippen LogP) is 2.90. The Labute approximate surface area is 134 Å². The first-order chi connectivity index (χ1) is 11.1. The number of halogens is 1. The highest BCUT2D eigenvalue weighted by molar-refractivity contribution is 5.96. The standard InChI is InChI=1S/C18H19FN2O2/c1-13(18(23)21-16-10-6-5-9-15(16)19)20-17(22)12-11-14-7-3-2-4-8-14/h2-10,13H,11-12H2,1H3,(H,20,22)(H,21,23). The van der Waals surface area contributed by atoms with Gasteiger partial charge in [0.15, 0.2) is 0 Å². The Morgan fingerprint density at radius 1 is 1.04 bits per heavy atom. The second-order valence-electron chi connectivity index (χ2n) is 5.24. The summed E-state index contributed by atoms with van der Waals surface area (Å²) in [4.78, 5) is 23.9. The molecule has 23 heavy (non-hydrogen) atoms. The van der Waals surface area contributed by atoms with Crippen LogP contribution in [0.3, 0.4) is 0 Å². The molecule has 0 fully saturated rings. The molecule has 0 radical (unpaired) electrons. The third kappa shape index (κ3) is 5.21. The van der Waals surface area contributed by atoms with E-state index in [-0.39, 0.29) is 11.6 Å². The lowest BCUT2D eigenvalue weighted by Gasteiger charge is -2.14. The molecule has 0 heterocycles. The topological polar surface area (TPSA) is 58.2 Å². The van der Waals surface area contributed by atoms with Crippen LogP contribution in [0.5, 0.6) is 0 Å². The molecule has 2 N–H and O–H groups in total. The number of anilines is 1. The zero-order valence-electron chi connectivity index (χ0n) is 12.9. The van der Waals surface area contributed by atoms with Crippen LogP contribution >= 0.6 is 0 Å². The predicted molar refractivity (Wildman–Crippen MR) is 87.4 cm³/mol. The Bertz CT molecular complexity index is 674. The second kappa shape index (κ2) is 8.08. The van der Waals surface area contributed by atoms with Crippen LogP contribution in [0.4, 0.5) is 10.1 Å². The van der Waals surface area contributed by atoms with Crippen molar-refractivity contribution in [3.05, 3.63) is 66.0 Å². The van der Waals surface area contributed by atoms with E-state index in [1.807, 2.05) is 30.3 Å². The molecule has 4 nitrogen and oxygen atoms in total. The summed E-state index contributed by atoms with van der Waals surface area (Å²) in [7, 11) is 0. The normalized spacial score (nSPS) is 11.6. The number of amides is 2. The van der Waals surface area contributed by atoms with Gasteiger partial charge < -0.3 is 10.6 Å². The van der Waals surface area contributed by atoms with Gasteiger partial charge in [0, 0.05) is 6.42 Å². The maximum atomic E-state index is 13.5. The van der Waals surface area contributed by atoms with E-state index in [2.05, 4.69) is 10.6 Å². The van der Waals surface area contributed by atoms with Crippen molar-refractivity contribution in [2.75, 3.05) is 5.32 Å². The maximum Gasteiger partial charge on any atom is 0.246 e. The van der Waals surface area contributed by atoms with Crippen LogP contribution in [0.15, 0.2) is 54.6 Å². The van der Waals surface area contributed by atoms with Crippen LogP contribution in [-0.4, -0.2) is 17.9 Å². The molecular formula is C18H19FN2O2. The molecule has 5 heteroatoms. The summed E-state index contributed by atoms with van der Waals surface area (Å²) in [5, 5.41) is 5.08. The lowest BCUT2D eigenvalue weighted by Crippen LogP contribution is -2.41. The third-order valence-electron chi connectivity index (χ3n) is 3.39. The smallest absolute Gasteiger partial charge is 0.246 e. The molecule has 0 spiro atoms. The summed E-state index contributed by atoms with van der Waals surface area (Å²) < 4.78 is 13.5. The van der Waals surface area contributed by atoms with Gasteiger partial charge in [0.05, 0.1) is 5.69 Å². The average molecular weight is 314 g/mol. The minimum absolute atomic E-state index is 0.0999. The van der Waals surface area contributed by atoms with Crippen LogP contribution in [0.25, 0.3) is 0 Å². The van der Waals surface area contributed by atoms with E-state index in [0.717, 1.165) is 5.56 Å². The minimum Gasteiger partial charge on any atom is -0.345 e. The molecule has 1 unspecified atom stereocenters. The SMILES string of the molecule is CC(NC(=O)CCc1ccccc1)C(=O)Nc1ccccc1F. The van der Waals surface area contributed by atoms with Crippen molar-refractivity contribution in [2.24, 2.45) is 0 Å². The minimum atomic E-state index is -0.738. The van der Waals surface area contributed by atoms with Crippen molar-refractivity contribution in [1.29, 1.82) is 0 Å². The van der Waals surface area contributed by atoms with Gasteiger partial charge in [0.25, 0.3) is 0 Å². The Kier molecular flexibility index (Phi) is 5.86. The first kappa shape index (κ1) is 16.7. The van der Waals surface area contributed by atoms with Gasteiger partial charge in [-0.15, -0.1) is 0 Å². The highest BCUT2D eigenvalue weighted by Gasteiger charge is 2.16. The average Bonchev–Trinajstić information content (AvgIpc) is 2.56. The summed E-state index contributed by atoms with van der Waals surface area (Å²) in [5.74, 6) is -1.18. The van der Waals surface area contributed by atoms with E-state index in [4.69, 9.17) is 0 Å². The summed E-state index contributed by atoms with van der Waals surface area (Å²) >= 11 is 0. The monoisotopic (exact) mass is 314 g/mol. The molecular weight excluding hydrogens is 295 g/mol. The fourth-order valence-corrected chi connectivity index (χ4v) is 2.09. The van der Waals surface area contributed by atoms with Gasteiger partial charge in [0.2, 0.25) is 11.8 Å².